The topological polar surface area (TPSA) is 17.3 Å². The first-order valence-electron chi connectivity index (χ1n) is 15.0. The Balaban J connectivity index is 1.57. The number of hydrogen-bond donors (Lipinski definition) is 0. The van der Waals surface area contributed by atoms with E-state index in [0.717, 1.165) is 42.5 Å². The van der Waals surface area contributed by atoms with Crippen molar-refractivity contribution in [2.24, 2.45) is 4.99 Å². The largest absolute Gasteiger partial charge is 0.313 e. The molecular weight excluding hydrogens is 508 g/mol. The second-order valence-electron chi connectivity index (χ2n) is 10.7. The molecule has 3 aromatic carbocycles. The number of allylic oxidation sites excluding steroid dienone is 13. The molecule has 0 saturated carbocycles. The summed E-state index contributed by atoms with van der Waals surface area (Å²) >= 11 is 0. The van der Waals surface area contributed by atoms with Gasteiger partial charge in [-0.15, -0.1) is 0 Å². The molecule has 3 heterocycles. The monoisotopic (exact) mass is 548 g/mol. The fourth-order valence-corrected chi connectivity index (χ4v) is 5.68. The predicted octanol–water partition coefficient (Wildman–Crippen LogP) is 11.2. The fourth-order valence-electron chi connectivity index (χ4n) is 5.68. The Bertz CT molecular complexity index is 1810. The molecule has 0 atom stereocenters. The highest BCUT2D eigenvalue weighted by molar-refractivity contribution is 6.11. The van der Waals surface area contributed by atoms with E-state index in [-0.39, 0.29) is 0 Å². The summed E-state index contributed by atoms with van der Waals surface area (Å²) in [5, 5.41) is 2.59. The van der Waals surface area contributed by atoms with E-state index >= 15 is 0 Å². The molecule has 4 aromatic rings. The van der Waals surface area contributed by atoms with Gasteiger partial charge in [-0.1, -0.05) is 105 Å². The van der Waals surface area contributed by atoms with Crippen molar-refractivity contribution in [3.63, 3.8) is 0 Å². The maximum absolute atomic E-state index is 4.68. The van der Waals surface area contributed by atoms with Crippen LogP contribution in [0.25, 0.3) is 38.6 Å². The first kappa shape index (κ1) is 28.8. The molecule has 0 unspecified atom stereocenters. The lowest BCUT2D eigenvalue weighted by Crippen LogP contribution is -2.01. The fraction of sp³-hybridized carbons (Fsp3) is 0.175. The second kappa shape index (κ2) is 13.8. The summed E-state index contributed by atoms with van der Waals surface area (Å²) in [4.78, 5) is 4.68. The smallest absolute Gasteiger partial charge is 0.0538 e. The normalized spacial score (nSPS) is 15.8. The third kappa shape index (κ3) is 6.29. The molecule has 2 nitrogen and oxygen atoms in total. The maximum Gasteiger partial charge on any atom is 0.0538 e. The van der Waals surface area contributed by atoms with Crippen LogP contribution in [0.15, 0.2) is 150 Å². The summed E-state index contributed by atoms with van der Waals surface area (Å²) in [6, 6.07) is 24.5. The summed E-state index contributed by atoms with van der Waals surface area (Å²) in [6.45, 7) is 10.5. The number of rotatable bonds is 9. The van der Waals surface area contributed by atoms with Crippen molar-refractivity contribution < 1.29 is 0 Å². The molecule has 4 bridgehead atoms. The number of hydrogen-bond acceptors (Lipinski definition) is 1. The van der Waals surface area contributed by atoms with Gasteiger partial charge in [0.2, 0.25) is 0 Å². The minimum absolute atomic E-state index is 0.933. The third-order valence-electron chi connectivity index (χ3n) is 7.84. The predicted molar refractivity (Wildman–Crippen MR) is 185 cm³/mol. The molecule has 0 fully saturated rings. The summed E-state index contributed by atoms with van der Waals surface area (Å²) in [6.07, 6.45) is 24.5. The van der Waals surface area contributed by atoms with Crippen molar-refractivity contribution in [2.45, 2.75) is 46.5 Å². The molecule has 42 heavy (non-hydrogen) atoms. The molecule has 1 aromatic heterocycles. The van der Waals surface area contributed by atoms with Crippen LogP contribution in [-0.4, -0.2) is 10.8 Å². The second-order valence-corrected chi connectivity index (χ2v) is 10.7. The van der Waals surface area contributed by atoms with Crippen molar-refractivity contribution in [3.05, 3.63) is 150 Å². The van der Waals surface area contributed by atoms with Crippen LogP contribution in [0.5, 0.6) is 0 Å². The van der Waals surface area contributed by atoms with E-state index in [1.165, 1.54) is 44.2 Å². The number of benzene rings is 3. The molecule has 2 heteroatoms. The number of aliphatic imine (C=N–C) groups is 1. The third-order valence-corrected chi connectivity index (χ3v) is 7.84. The first-order chi connectivity index (χ1) is 20.6. The lowest BCUT2D eigenvalue weighted by Gasteiger charge is -2.17. The van der Waals surface area contributed by atoms with E-state index in [0.29, 0.717) is 0 Å². The standard InChI is InChI=1S/C40H40N2/c1-5-8-9-14-28-41-34(15-6-2)24-20-30(4)31(7-3)21-25-35-26-22-32-16-10-11-17-36(32)33-23-27-40-38(29-33)37-18-12-13-19-39(37)42(35)40/h5,7-14,16-21,23-25,27-29H,3,6,15,22,26H2,1-2,4H3/b8-5-,14-9-,30-20-,31-21+,34-24+,35-25+,41-28+. The minimum Gasteiger partial charge on any atom is -0.313 e. The molecule has 0 N–H and O–H groups in total. The van der Waals surface area contributed by atoms with E-state index in [2.05, 4.69) is 121 Å². The van der Waals surface area contributed by atoms with Gasteiger partial charge in [0.05, 0.1) is 11.0 Å². The lowest BCUT2D eigenvalue weighted by atomic mass is 9.94. The molecular formula is C40H40N2. The van der Waals surface area contributed by atoms with E-state index in [1.54, 1.807) is 0 Å². The molecule has 210 valence electrons. The molecule has 0 aliphatic carbocycles. The van der Waals surface area contributed by atoms with E-state index < -0.39 is 0 Å². The van der Waals surface area contributed by atoms with Gasteiger partial charge in [-0.2, -0.15) is 0 Å². The Labute approximate surface area is 250 Å². The highest BCUT2D eigenvalue weighted by Gasteiger charge is 2.17. The number of aromatic nitrogens is 1. The zero-order valence-corrected chi connectivity index (χ0v) is 25.1. The van der Waals surface area contributed by atoms with Crippen molar-refractivity contribution >= 4 is 33.7 Å². The van der Waals surface area contributed by atoms with Gasteiger partial charge in [-0.05, 0) is 97.4 Å². The van der Waals surface area contributed by atoms with Crippen molar-refractivity contribution in [1.29, 1.82) is 0 Å². The van der Waals surface area contributed by atoms with Crippen LogP contribution in [0, 0.1) is 0 Å². The summed E-state index contributed by atoms with van der Waals surface area (Å²) < 4.78 is 2.45. The van der Waals surface area contributed by atoms with Crippen molar-refractivity contribution in [1.82, 2.24) is 4.57 Å². The Morgan fingerprint density at radius 1 is 0.881 bits per heavy atom. The number of fused-ring (bicyclic) bond motifs is 4. The highest BCUT2D eigenvalue weighted by atomic mass is 15.0. The van der Waals surface area contributed by atoms with Crippen LogP contribution in [0.3, 0.4) is 0 Å². The maximum atomic E-state index is 4.68. The first-order valence-corrected chi connectivity index (χ1v) is 15.0. The van der Waals surface area contributed by atoms with Gasteiger partial charge < -0.3 is 4.57 Å². The van der Waals surface area contributed by atoms with Crippen LogP contribution in [0.2, 0.25) is 0 Å². The quantitative estimate of drug-likeness (QED) is 0.146. The zero-order valence-electron chi connectivity index (χ0n) is 25.1. The van der Waals surface area contributed by atoms with Crippen LogP contribution in [0.1, 0.15) is 45.6 Å². The molecule has 0 spiro atoms. The Morgan fingerprint density at radius 3 is 2.52 bits per heavy atom. The summed E-state index contributed by atoms with van der Waals surface area (Å²) in [7, 11) is 0. The van der Waals surface area contributed by atoms with E-state index in [4.69, 9.17) is 0 Å². The molecule has 0 saturated heterocycles. The van der Waals surface area contributed by atoms with Crippen molar-refractivity contribution in [2.75, 3.05) is 0 Å². The zero-order chi connectivity index (χ0) is 29.3. The Hall–Kier alpha value is -4.69. The average Bonchev–Trinajstić information content (AvgIpc) is 3.34. The molecule has 0 amide bonds. The molecule has 0 radical (unpaired) electrons. The van der Waals surface area contributed by atoms with Gasteiger partial charge in [0.25, 0.3) is 0 Å². The van der Waals surface area contributed by atoms with Crippen molar-refractivity contribution in [3.8, 4) is 11.1 Å². The van der Waals surface area contributed by atoms with Crippen LogP contribution >= 0.6 is 0 Å². The summed E-state index contributed by atoms with van der Waals surface area (Å²) in [5.41, 5.74) is 11.1. The number of nitrogens with zero attached hydrogens (tertiary/aromatic N) is 2. The average molecular weight is 549 g/mol. The van der Waals surface area contributed by atoms with Gasteiger partial charge >= 0.3 is 0 Å². The van der Waals surface area contributed by atoms with Gasteiger partial charge in [0.15, 0.2) is 0 Å². The minimum atomic E-state index is 0.933. The van der Waals surface area contributed by atoms with Gasteiger partial charge in [-0.3, -0.25) is 4.99 Å². The molecule has 2 aliphatic rings. The SMILES string of the molecule is C=CC(=C\C=C1/CCc2ccccc2-c2ccc3c(c2)c2ccccc2n31)/C(C)=C\C=C(CCC)\N=C\C=C/C=C\C. The van der Waals surface area contributed by atoms with Gasteiger partial charge in [0.1, 0.15) is 0 Å². The summed E-state index contributed by atoms with van der Waals surface area (Å²) in [5.74, 6) is 0. The van der Waals surface area contributed by atoms with Crippen LogP contribution in [-0.2, 0) is 6.42 Å². The lowest BCUT2D eigenvalue weighted by molar-refractivity contribution is 0.895. The molecule has 2 aliphatic heterocycles. The van der Waals surface area contributed by atoms with Crippen LogP contribution in [0.4, 0.5) is 0 Å². The van der Waals surface area contributed by atoms with Gasteiger partial charge in [-0.25, -0.2) is 0 Å². The number of para-hydroxylation sites is 1. The van der Waals surface area contributed by atoms with E-state index in [9.17, 15) is 0 Å². The highest BCUT2D eigenvalue weighted by Crippen LogP contribution is 2.38. The number of aryl methyl sites for hydroxylation is 1. The Kier molecular flexibility index (Phi) is 9.46. The molecule has 6 rings (SSSR count). The van der Waals surface area contributed by atoms with Crippen LogP contribution < -0.4 is 0 Å². The Morgan fingerprint density at radius 2 is 1.69 bits per heavy atom. The van der Waals surface area contributed by atoms with E-state index in [1.807, 2.05) is 43.5 Å². The van der Waals surface area contributed by atoms with Gasteiger partial charge in [0, 0.05) is 28.4 Å².